The molecule has 0 aliphatic heterocycles. The predicted molar refractivity (Wildman–Crippen MR) is 137 cm³/mol. The molecule has 3 aromatic rings. The Morgan fingerprint density at radius 1 is 0.879 bits per heavy atom. The van der Waals surface area contributed by atoms with E-state index in [4.69, 9.17) is 0 Å². The molecule has 0 spiro atoms. The second-order valence-electron chi connectivity index (χ2n) is 8.62. The van der Waals surface area contributed by atoms with Gasteiger partial charge in [0.25, 0.3) is 0 Å². The average Bonchev–Trinajstić information content (AvgIpc) is 2.79. The highest BCUT2D eigenvalue weighted by Crippen LogP contribution is 2.19. The number of hydrogen-bond donors (Lipinski definition) is 1. The smallest absolute Gasteiger partial charge is 0.243 e. The van der Waals surface area contributed by atoms with Crippen LogP contribution >= 0.6 is 15.9 Å². The highest BCUT2D eigenvalue weighted by Gasteiger charge is 2.30. The van der Waals surface area contributed by atoms with Gasteiger partial charge in [0.05, 0.1) is 6.42 Å². The molecule has 4 nitrogen and oxygen atoms in total. The van der Waals surface area contributed by atoms with Crippen molar-refractivity contribution in [1.82, 2.24) is 10.2 Å². The average molecular weight is 507 g/mol. The Hall–Kier alpha value is -2.92. The van der Waals surface area contributed by atoms with Gasteiger partial charge in [0.15, 0.2) is 0 Å². The van der Waals surface area contributed by atoms with Gasteiger partial charge in [0, 0.05) is 23.5 Å². The third kappa shape index (κ3) is 7.29. The number of nitrogens with zero attached hydrogens (tertiary/aromatic N) is 1. The predicted octanol–water partition coefficient (Wildman–Crippen LogP) is 5.46. The molecule has 0 aliphatic carbocycles. The first kappa shape index (κ1) is 24.7. The van der Waals surface area contributed by atoms with Gasteiger partial charge in [-0.15, -0.1) is 0 Å². The Balaban J connectivity index is 1.97. The van der Waals surface area contributed by atoms with Crippen molar-refractivity contribution < 1.29 is 9.59 Å². The van der Waals surface area contributed by atoms with Crippen LogP contribution in [0.3, 0.4) is 0 Å². The topological polar surface area (TPSA) is 49.4 Å². The van der Waals surface area contributed by atoms with Crippen LogP contribution in [0.4, 0.5) is 0 Å². The lowest BCUT2D eigenvalue weighted by molar-refractivity contribution is -0.141. The Morgan fingerprint density at radius 3 is 2.15 bits per heavy atom. The van der Waals surface area contributed by atoms with Crippen LogP contribution < -0.4 is 5.32 Å². The van der Waals surface area contributed by atoms with Crippen molar-refractivity contribution in [3.8, 4) is 0 Å². The molecule has 1 unspecified atom stereocenters. The molecule has 0 saturated heterocycles. The molecule has 0 fully saturated rings. The fourth-order valence-corrected chi connectivity index (χ4v) is 4.06. The second kappa shape index (κ2) is 11.8. The van der Waals surface area contributed by atoms with E-state index >= 15 is 0 Å². The molecule has 3 aromatic carbocycles. The molecule has 33 heavy (non-hydrogen) atoms. The van der Waals surface area contributed by atoms with Crippen molar-refractivity contribution in [1.29, 1.82) is 0 Å². The standard InChI is InChI=1S/C28H31BrN2O2/c1-20(2)30-28(33)26(17-22-10-5-4-6-11-22)31(19-23-13-15-25(29)16-14-23)27(32)18-24-12-8-7-9-21(24)3/h4-16,20,26H,17-19H2,1-3H3,(H,30,33). The number of aryl methyl sites for hydroxylation is 1. The summed E-state index contributed by atoms with van der Waals surface area (Å²) in [4.78, 5) is 28.8. The first-order valence-corrected chi connectivity index (χ1v) is 12.1. The monoisotopic (exact) mass is 506 g/mol. The van der Waals surface area contributed by atoms with Crippen LogP contribution in [-0.4, -0.2) is 28.8 Å². The fraction of sp³-hybridized carbons (Fsp3) is 0.286. The highest BCUT2D eigenvalue weighted by atomic mass is 79.9. The van der Waals surface area contributed by atoms with Gasteiger partial charge in [0.2, 0.25) is 11.8 Å². The Morgan fingerprint density at radius 2 is 1.52 bits per heavy atom. The van der Waals surface area contributed by atoms with Crippen molar-refractivity contribution in [2.24, 2.45) is 0 Å². The van der Waals surface area contributed by atoms with E-state index in [1.165, 1.54) is 0 Å². The van der Waals surface area contributed by atoms with Crippen molar-refractivity contribution in [3.63, 3.8) is 0 Å². The normalized spacial score (nSPS) is 11.8. The van der Waals surface area contributed by atoms with E-state index in [1.807, 2.05) is 99.6 Å². The lowest BCUT2D eigenvalue weighted by Gasteiger charge is -2.32. The maximum Gasteiger partial charge on any atom is 0.243 e. The SMILES string of the molecule is Cc1ccccc1CC(=O)N(Cc1ccc(Br)cc1)C(Cc1ccccc1)C(=O)NC(C)C. The number of halogens is 1. The number of carbonyl (C=O) groups excluding carboxylic acids is 2. The van der Waals surface area contributed by atoms with Crippen LogP contribution in [0.5, 0.6) is 0 Å². The fourth-order valence-electron chi connectivity index (χ4n) is 3.79. The molecule has 3 rings (SSSR count). The largest absolute Gasteiger partial charge is 0.352 e. The lowest BCUT2D eigenvalue weighted by Crippen LogP contribution is -2.52. The van der Waals surface area contributed by atoms with Crippen LogP contribution in [0.15, 0.2) is 83.3 Å². The van der Waals surface area contributed by atoms with Crippen LogP contribution in [0, 0.1) is 6.92 Å². The number of nitrogens with one attached hydrogen (secondary N) is 1. The highest BCUT2D eigenvalue weighted by molar-refractivity contribution is 9.10. The first-order chi connectivity index (χ1) is 15.8. The zero-order chi connectivity index (χ0) is 23.8. The van der Waals surface area contributed by atoms with E-state index < -0.39 is 6.04 Å². The van der Waals surface area contributed by atoms with Gasteiger partial charge in [-0.1, -0.05) is 82.7 Å². The number of benzene rings is 3. The van der Waals surface area contributed by atoms with Gasteiger partial charge in [-0.3, -0.25) is 9.59 Å². The maximum absolute atomic E-state index is 13.7. The van der Waals surface area contributed by atoms with E-state index in [0.29, 0.717) is 13.0 Å². The van der Waals surface area contributed by atoms with Crippen LogP contribution in [0.2, 0.25) is 0 Å². The molecule has 0 heterocycles. The van der Waals surface area contributed by atoms with Crippen molar-refractivity contribution in [3.05, 3.63) is 106 Å². The Bertz CT molecular complexity index is 1060. The summed E-state index contributed by atoms with van der Waals surface area (Å²) in [5, 5.41) is 3.03. The Kier molecular flexibility index (Phi) is 8.84. The molecule has 5 heteroatoms. The van der Waals surface area contributed by atoms with Crippen molar-refractivity contribution in [2.45, 2.75) is 52.2 Å². The zero-order valence-corrected chi connectivity index (χ0v) is 21.0. The summed E-state index contributed by atoms with van der Waals surface area (Å²) in [7, 11) is 0. The molecular weight excluding hydrogens is 476 g/mol. The van der Waals surface area contributed by atoms with Crippen molar-refractivity contribution >= 4 is 27.7 Å². The minimum Gasteiger partial charge on any atom is -0.352 e. The molecule has 2 amide bonds. The summed E-state index contributed by atoms with van der Waals surface area (Å²) in [5.74, 6) is -0.198. The van der Waals surface area contributed by atoms with Gasteiger partial charge >= 0.3 is 0 Å². The first-order valence-electron chi connectivity index (χ1n) is 11.3. The minimum atomic E-state index is -0.616. The number of amides is 2. The molecule has 172 valence electrons. The van der Waals surface area contributed by atoms with E-state index in [9.17, 15) is 9.59 Å². The van der Waals surface area contributed by atoms with E-state index in [0.717, 1.165) is 26.7 Å². The molecule has 1 atom stereocenters. The van der Waals surface area contributed by atoms with E-state index in [-0.39, 0.29) is 24.3 Å². The summed E-state index contributed by atoms with van der Waals surface area (Å²) >= 11 is 3.47. The lowest BCUT2D eigenvalue weighted by atomic mass is 10.00. The van der Waals surface area contributed by atoms with Gasteiger partial charge in [-0.05, 0) is 55.2 Å². The summed E-state index contributed by atoms with van der Waals surface area (Å²) in [5.41, 5.74) is 4.05. The second-order valence-corrected chi connectivity index (χ2v) is 9.54. The van der Waals surface area contributed by atoms with Gasteiger partial charge < -0.3 is 10.2 Å². The van der Waals surface area contributed by atoms with Gasteiger partial charge in [-0.2, -0.15) is 0 Å². The molecule has 0 aliphatic rings. The number of carbonyl (C=O) groups is 2. The number of hydrogen-bond acceptors (Lipinski definition) is 2. The van der Waals surface area contributed by atoms with Crippen molar-refractivity contribution in [2.75, 3.05) is 0 Å². The minimum absolute atomic E-state index is 0.0169. The molecule has 0 aromatic heterocycles. The maximum atomic E-state index is 13.7. The van der Waals surface area contributed by atoms with Crippen LogP contribution in [0.1, 0.15) is 36.1 Å². The summed E-state index contributed by atoms with van der Waals surface area (Å²) in [6.45, 7) is 6.24. The third-order valence-corrected chi connectivity index (χ3v) is 6.10. The van der Waals surface area contributed by atoms with E-state index in [2.05, 4.69) is 21.2 Å². The molecular formula is C28H31BrN2O2. The summed E-state index contributed by atoms with van der Waals surface area (Å²) in [6.07, 6.45) is 0.707. The molecule has 0 saturated carbocycles. The zero-order valence-electron chi connectivity index (χ0n) is 19.4. The van der Waals surface area contributed by atoms with Crippen LogP contribution in [-0.2, 0) is 29.0 Å². The number of rotatable bonds is 9. The summed E-state index contributed by atoms with van der Waals surface area (Å²) < 4.78 is 0.974. The van der Waals surface area contributed by atoms with Gasteiger partial charge in [-0.25, -0.2) is 0 Å². The third-order valence-electron chi connectivity index (χ3n) is 5.57. The van der Waals surface area contributed by atoms with E-state index in [1.54, 1.807) is 4.90 Å². The quantitative estimate of drug-likeness (QED) is 0.418. The molecule has 1 N–H and O–H groups in total. The van der Waals surface area contributed by atoms with Gasteiger partial charge in [0.1, 0.15) is 6.04 Å². The summed E-state index contributed by atoms with van der Waals surface area (Å²) in [6, 6.07) is 25.0. The Labute approximate surface area is 205 Å². The van der Waals surface area contributed by atoms with Crippen LogP contribution in [0.25, 0.3) is 0 Å². The molecule has 0 bridgehead atoms. The molecule has 0 radical (unpaired) electrons.